The molecule has 1 fully saturated rings. The van der Waals surface area contributed by atoms with Gasteiger partial charge in [0.15, 0.2) is 5.13 Å². The van der Waals surface area contributed by atoms with E-state index in [1.807, 2.05) is 23.8 Å². The zero-order chi connectivity index (χ0) is 16.4. The van der Waals surface area contributed by atoms with E-state index in [9.17, 15) is 0 Å². The molecule has 5 nitrogen and oxygen atoms in total. The van der Waals surface area contributed by atoms with Gasteiger partial charge in [0.05, 0.1) is 18.3 Å². The number of aromatic nitrogens is 3. The summed E-state index contributed by atoms with van der Waals surface area (Å²) < 4.78 is 0. The Balaban J connectivity index is 1.51. The number of nitrogens with one attached hydrogen (secondary N) is 1. The molecule has 0 saturated carbocycles. The van der Waals surface area contributed by atoms with E-state index in [0.29, 0.717) is 6.04 Å². The molecule has 24 heavy (non-hydrogen) atoms. The second-order valence-electron chi connectivity index (χ2n) is 5.90. The van der Waals surface area contributed by atoms with Crippen molar-refractivity contribution in [1.29, 1.82) is 0 Å². The third-order valence-electron chi connectivity index (χ3n) is 4.15. The lowest BCUT2D eigenvalue weighted by Gasteiger charge is -2.23. The lowest BCUT2D eigenvalue weighted by Crippen LogP contribution is -2.23. The van der Waals surface area contributed by atoms with Gasteiger partial charge in [0.2, 0.25) is 0 Å². The molecule has 1 N–H and O–H groups in total. The molecule has 1 saturated heterocycles. The number of anilines is 2. The van der Waals surface area contributed by atoms with Gasteiger partial charge in [-0.25, -0.2) is 15.0 Å². The Morgan fingerprint density at radius 2 is 2.29 bits per heavy atom. The minimum atomic E-state index is 0.369. The topological polar surface area (TPSA) is 53.9 Å². The predicted octanol–water partition coefficient (Wildman–Crippen LogP) is 4.38. The Hall–Kier alpha value is -1.83. The van der Waals surface area contributed by atoms with E-state index in [1.165, 1.54) is 16.3 Å². The summed E-state index contributed by atoms with van der Waals surface area (Å²) in [6.07, 6.45) is 6.12. The number of rotatable bonds is 5. The van der Waals surface area contributed by atoms with Crippen molar-refractivity contribution in [1.82, 2.24) is 19.9 Å². The number of thiazole rings is 2. The molecule has 0 bridgehead atoms. The molecule has 124 valence electrons. The van der Waals surface area contributed by atoms with Gasteiger partial charge in [-0.3, -0.25) is 4.90 Å². The molecule has 1 aliphatic heterocycles. The second kappa shape index (κ2) is 6.96. The largest absolute Gasteiger partial charge is 0.316 e. The van der Waals surface area contributed by atoms with Crippen LogP contribution in [-0.2, 0) is 6.54 Å². The van der Waals surface area contributed by atoms with Gasteiger partial charge >= 0.3 is 0 Å². The third-order valence-corrected chi connectivity index (χ3v) is 5.75. The van der Waals surface area contributed by atoms with Crippen LogP contribution in [0.25, 0.3) is 0 Å². The van der Waals surface area contributed by atoms with Gasteiger partial charge in [0.1, 0.15) is 10.8 Å². The Morgan fingerprint density at radius 3 is 3.08 bits per heavy atom. The Bertz CT molecular complexity index is 799. The quantitative estimate of drug-likeness (QED) is 0.734. The van der Waals surface area contributed by atoms with E-state index in [-0.39, 0.29) is 0 Å². The van der Waals surface area contributed by atoms with Crippen molar-refractivity contribution in [3.8, 4) is 0 Å². The first-order chi connectivity index (χ1) is 11.8. The standard InChI is InChI=1S/C17H19N5S2/c1-12-10-19-17(24-12)21-15-6-2-4-13(20-15)14-5-3-8-22(14)11-16-18-7-9-23-16/h2,4,6-7,9-10,14H,3,5,8,11H2,1H3,(H,19,20,21). The summed E-state index contributed by atoms with van der Waals surface area (Å²) in [5.41, 5.74) is 1.13. The van der Waals surface area contributed by atoms with E-state index in [4.69, 9.17) is 4.98 Å². The molecule has 3 aromatic heterocycles. The maximum atomic E-state index is 4.84. The predicted molar refractivity (Wildman–Crippen MR) is 98.9 cm³/mol. The normalized spacial score (nSPS) is 18.1. The second-order valence-corrected chi connectivity index (χ2v) is 8.12. The molecule has 1 atom stereocenters. The zero-order valence-electron chi connectivity index (χ0n) is 13.5. The highest BCUT2D eigenvalue weighted by molar-refractivity contribution is 7.15. The van der Waals surface area contributed by atoms with Gasteiger partial charge in [-0.15, -0.1) is 22.7 Å². The van der Waals surface area contributed by atoms with Crippen LogP contribution in [0, 0.1) is 6.92 Å². The fourth-order valence-corrected chi connectivity index (χ4v) is 4.40. The fraction of sp³-hybridized carbons (Fsp3) is 0.353. The summed E-state index contributed by atoms with van der Waals surface area (Å²) in [6, 6.07) is 6.57. The van der Waals surface area contributed by atoms with Gasteiger partial charge in [-0.2, -0.15) is 0 Å². The van der Waals surface area contributed by atoms with Crippen LogP contribution < -0.4 is 5.32 Å². The van der Waals surface area contributed by atoms with Crippen LogP contribution in [0.5, 0.6) is 0 Å². The molecular formula is C17H19N5S2. The molecule has 0 aromatic carbocycles. The van der Waals surface area contributed by atoms with Crippen molar-refractivity contribution < 1.29 is 0 Å². The third kappa shape index (κ3) is 3.48. The molecule has 4 heterocycles. The number of hydrogen-bond donors (Lipinski definition) is 1. The average Bonchev–Trinajstić information content (AvgIpc) is 3.31. The van der Waals surface area contributed by atoms with Gasteiger partial charge in [-0.05, 0) is 38.4 Å². The maximum Gasteiger partial charge on any atom is 0.188 e. The van der Waals surface area contributed by atoms with E-state index in [2.05, 4.69) is 39.2 Å². The van der Waals surface area contributed by atoms with Crippen molar-refractivity contribution in [2.24, 2.45) is 0 Å². The van der Waals surface area contributed by atoms with Crippen molar-refractivity contribution in [3.05, 3.63) is 51.6 Å². The van der Waals surface area contributed by atoms with Crippen LogP contribution in [0.1, 0.15) is 34.5 Å². The minimum absolute atomic E-state index is 0.369. The average molecular weight is 358 g/mol. The van der Waals surface area contributed by atoms with Crippen LogP contribution in [0.15, 0.2) is 36.0 Å². The lowest BCUT2D eigenvalue weighted by atomic mass is 10.1. The highest BCUT2D eigenvalue weighted by atomic mass is 32.1. The van der Waals surface area contributed by atoms with Gasteiger partial charge < -0.3 is 5.32 Å². The first-order valence-electron chi connectivity index (χ1n) is 8.07. The van der Waals surface area contributed by atoms with E-state index >= 15 is 0 Å². The monoisotopic (exact) mass is 357 g/mol. The highest BCUT2D eigenvalue weighted by Gasteiger charge is 2.27. The summed E-state index contributed by atoms with van der Waals surface area (Å²) in [4.78, 5) is 17.3. The summed E-state index contributed by atoms with van der Waals surface area (Å²) in [5, 5.41) is 7.42. The van der Waals surface area contributed by atoms with Crippen LogP contribution >= 0.6 is 22.7 Å². The summed E-state index contributed by atoms with van der Waals surface area (Å²) in [6.45, 7) is 4.07. The summed E-state index contributed by atoms with van der Waals surface area (Å²) >= 11 is 3.37. The molecule has 0 radical (unpaired) electrons. The number of pyridine rings is 1. The van der Waals surface area contributed by atoms with Gasteiger partial charge in [-0.1, -0.05) is 6.07 Å². The molecule has 0 aliphatic carbocycles. The van der Waals surface area contributed by atoms with Crippen LogP contribution in [0.3, 0.4) is 0 Å². The first-order valence-corrected chi connectivity index (χ1v) is 9.76. The van der Waals surface area contributed by atoms with Crippen LogP contribution in [0.4, 0.5) is 10.9 Å². The van der Waals surface area contributed by atoms with Crippen molar-refractivity contribution in [2.45, 2.75) is 32.4 Å². The number of likely N-dealkylation sites (tertiary alicyclic amines) is 1. The maximum absolute atomic E-state index is 4.84. The van der Waals surface area contributed by atoms with E-state index in [1.54, 1.807) is 22.7 Å². The molecule has 4 rings (SSSR count). The molecule has 1 aliphatic rings. The van der Waals surface area contributed by atoms with Crippen molar-refractivity contribution in [2.75, 3.05) is 11.9 Å². The van der Waals surface area contributed by atoms with Crippen LogP contribution in [0.2, 0.25) is 0 Å². The van der Waals surface area contributed by atoms with Gasteiger partial charge in [0.25, 0.3) is 0 Å². The summed E-state index contributed by atoms with van der Waals surface area (Å²) in [5.74, 6) is 0.864. The molecular weight excluding hydrogens is 338 g/mol. The Morgan fingerprint density at radius 1 is 1.33 bits per heavy atom. The molecule has 0 amide bonds. The Labute approximate surface area is 149 Å². The van der Waals surface area contributed by atoms with Crippen molar-refractivity contribution in [3.63, 3.8) is 0 Å². The smallest absolute Gasteiger partial charge is 0.188 e. The fourth-order valence-electron chi connectivity index (χ4n) is 3.08. The van der Waals surface area contributed by atoms with E-state index in [0.717, 1.165) is 36.2 Å². The molecule has 7 heteroatoms. The number of aryl methyl sites for hydroxylation is 1. The summed E-state index contributed by atoms with van der Waals surface area (Å²) in [7, 11) is 0. The zero-order valence-corrected chi connectivity index (χ0v) is 15.1. The Kier molecular flexibility index (Phi) is 4.55. The molecule has 0 spiro atoms. The molecule has 1 unspecified atom stereocenters. The molecule has 3 aromatic rings. The van der Waals surface area contributed by atoms with Crippen molar-refractivity contribution >= 4 is 33.6 Å². The lowest BCUT2D eigenvalue weighted by molar-refractivity contribution is 0.244. The van der Waals surface area contributed by atoms with Gasteiger partial charge in [0, 0.05) is 22.7 Å². The van der Waals surface area contributed by atoms with Crippen LogP contribution in [-0.4, -0.2) is 26.4 Å². The minimum Gasteiger partial charge on any atom is -0.316 e. The SMILES string of the molecule is Cc1cnc(Nc2cccc(C3CCCN3Cc3nccs3)n2)s1. The highest BCUT2D eigenvalue weighted by Crippen LogP contribution is 2.33. The number of nitrogens with zero attached hydrogens (tertiary/aromatic N) is 4. The first kappa shape index (κ1) is 15.7. The van der Waals surface area contributed by atoms with E-state index < -0.39 is 0 Å². The number of hydrogen-bond acceptors (Lipinski definition) is 7.